The van der Waals surface area contributed by atoms with Crippen molar-refractivity contribution in [3.63, 3.8) is 0 Å². The van der Waals surface area contributed by atoms with Crippen LogP contribution in [0.25, 0.3) is 6.08 Å². The first-order valence-electron chi connectivity index (χ1n) is 13.3. The number of nitrogens with two attached hydrogens (primary N) is 1. The Bertz CT molecular complexity index is 1110. The number of ketones is 1. The van der Waals surface area contributed by atoms with Gasteiger partial charge in [-0.25, -0.2) is 9.98 Å². The maximum atomic E-state index is 13.3. The predicted octanol–water partition coefficient (Wildman–Crippen LogP) is 3.49. The van der Waals surface area contributed by atoms with Gasteiger partial charge in [-0.15, -0.1) is 11.3 Å². The second-order valence-electron chi connectivity index (χ2n) is 11.2. The monoisotopic (exact) mass is 546 g/mol. The molecule has 0 amide bonds. The topological polar surface area (TPSA) is 147 Å². The van der Waals surface area contributed by atoms with E-state index >= 15 is 0 Å². The molecule has 210 valence electrons. The van der Waals surface area contributed by atoms with Gasteiger partial charge < -0.3 is 26.0 Å². The van der Waals surface area contributed by atoms with Crippen molar-refractivity contribution in [2.75, 3.05) is 0 Å². The van der Waals surface area contributed by atoms with E-state index in [1.54, 1.807) is 20.8 Å². The average Bonchev–Trinajstić information content (AvgIpc) is 3.26. The van der Waals surface area contributed by atoms with Crippen molar-refractivity contribution in [2.24, 2.45) is 28.0 Å². The number of carbonyl (C=O) groups excluding carboxylic acids is 2. The van der Waals surface area contributed by atoms with E-state index in [4.69, 9.17) is 10.5 Å². The van der Waals surface area contributed by atoms with Crippen molar-refractivity contribution < 1.29 is 24.5 Å². The highest BCUT2D eigenvalue weighted by atomic mass is 32.1. The van der Waals surface area contributed by atoms with Gasteiger partial charge in [0, 0.05) is 23.9 Å². The number of aliphatic imine (C=N–C) groups is 1. The lowest BCUT2D eigenvalue weighted by molar-refractivity contribution is -0.154. The van der Waals surface area contributed by atoms with Gasteiger partial charge in [0.1, 0.15) is 11.9 Å². The van der Waals surface area contributed by atoms with Crippen molar-refractivity contribution in [3.05, 3.63) is 33.4 Å². The Balaban J connectivity index is 1.95. The first-order valence-corrected chi connectivity index (χ1v) is 14.2. The third-order valence-electron chi connectivity index (χ3n) is 7.82. The second-order valence-corrected chi connectivity index (χ2v) is 12.3. The summed E-state index contributed by atoms with van der Waals surface area (Å²) in [6.07, 6.45) is 3.23. The highest BCUT2D eigenvalue weighted by molar-refractivity contribution is 7.09. The van der Waals surface area contributed by atoms with E-state index in [9.17, 15) is 19.8 Å². The third-order valence-corrected chi connectivity index (χ3v) is 8.61. The molecule has 1 aromatic heterocycles. The third kappa shape index (κ3) is 7.30. The number of rotatable bonds is 2. The first kappa shape index (κ1) is 30.0. The zero-order chi connectivity index (χ0) is 28.2. The summed E-state index contributed by atoms with van der Waals surface area (Å²) >= 11 is 1.54. The molecule has 10 heteroatoms. The molecule has 2 aliphatic rings. The van der Waals surface area contributed by atoms with E-state index < -0.39 is 35.6 Å². The molecule has 0 bridgehead atoms. The Morgan fingerprint density at radius 2 is 2.00 bits per heavy atom. The quantitative estimate of drug-likeness (QED) is 0.412. The van der Waals surface area contributed by atoms with Crippen LogP contribution in [0.5, 0.6) is 0 Å². The molecule has 0 spiro atoms. The molecule has 6 atom stereocenters. The number of carbonyl (C=O) groups is 2. The molecule has 1 saturated heterocycles. The number of ether oxygens (including phenoxy) is 1. The summed E-state index contributed by atoms with van der Waals surface area (Å²) in [6.45, 7) is 10.7. The van der Waals surface area contributed by atoms with Gasteiger partial charge in [-0.1, -0.05) is 27.7 Å². The number of aromatic nitrogens is 1. The molecule has 0 aliphatic carbocycles. The number of nitrogens with one attached hydrogen (secondary N) is 1. The highest BCUT2D eigenvalue weighted by Crippen LogP contribution is 2.33. The molecule has 1 aromatic rings. The smallest absolute Gasteiger partial charge is 0.309 e. The molecule has 1 unspecified atom stereocenters. The number of cyclic esters (lactones) is 1. The van der Waals surface area contributed by atoms with Crippen LogP contribution in [0.1, 0.15) is 77.4 Å². The van der Waals surface area contributed by atoms with Gasteiger partial charge >= 0.3 is 5.97 Å². The molecule has 3 rings (SSSR count). The Kier molecular flexibility index (Phi) is 9.89. The van der Waals surface area contributed by atoms with Gasteiger partial charge in [-0.05, 0) is 56.3 Å². The lowest BCUT2D eigenvalue weighted by atomic mass is 9.73. The standard InChI is InChI=1S/C28H42N4O5S/c1-15-8-7-9-19-13-30-27(29)32-21(19)11-22(16(2)10-20-14-38-18(4)31-20)37-24(34)12-23(33)28(5,6)26(36)17(3)25(15)35/h10,13-15,17,21-23,25,33,35H,7-9,11-12H2,1-6H3,(H3,29,30,32)/t15-,17+,21?,22-,23-,25-/m0/s1. The Morgan fingerprint density at radius 3 is 2.66 bits per heavy atom. The number of aliphatic hydroxyl groups is 2. The van der Waals surface area contributed by atoms with Gasteiger partial charge in [0.05, 0.1) is 40.8 Å². The van der Waals surface area contributed by atoms with Crippen molar-refractivity contribution in [3.8, 4) is 0 Å². The summed E-state index contributed by atoms with van der Waals surface area (Å²) in [7, 11) is 0. The molecule has 5 N–H and O–H groups in total. The van der Waals surface area contributed by atoms with Gasteiger partial charge in [-0.3, -0.25) is 9.59 Å². The van der Waals surface area contributed by atoms with E-state index in [2.05, 4.69) is 15.3 Å². The Hall–Kier alpha value is -2.56. The van der Waals surface area contributed by atoms with Crippen LogP contribution in [0.4, 0.5) is 0 Å². The largest absolute Gasteiger partial charge is 0.458 e. The number of nitrogens with zero attached hydrogens (tertiary/aromatic N) is 2. The molecule has 2 aliphatic heterocycles. The molecular formula is C28H42N4O5S. The number of aliphatic hydroxyl groups excluding tert-OH is 2. The molecule has 1 fully saturated rings. The van der Waals surface area contributed by atoms with Crippen LogP contribution in [0, 0.1) is 24.2 Å². The zero-order valence-corrected chi connectivity index (χ0v) is 24.0. The number of hydrogen-bond donors (Lipinski definition) is 4. The van der Waals surface area contributed by atoms with E-state index in [-0.39, 0.29) is 24.2 Å². The van der Waals surface area contributed by atoms with Gasteiger partial charge in [-0.2, -0.15) is 0 Å². The minimum absolute atomic E-state index is 0.122. The van der Waals surface area contributed by atoms with Gasteiger partial charge in [0.15, 0.2) is 5.96 Å². The van der Waals surface area contributed by atoms with Crippen LogP contribution in [0.15, 0.2) is 27.7 Å². The Morgan fingerprint density at radius 1 is 1.29 bits per heavy atom. The number of guanidine groups is 1. The second kappa shape index (κ2) is 12.5. The van der Waals surface area contributed by atoms with Crippen LogP contribution in [0.2, 0.25) is 0 Å². The van der Waals surface area contributed by atoms with Gasteiger partial charge in [0.2, 0.25) is 0 Å². The molecule has 38 heavy (non-hydrogen) atoms. The van der Waals surface area contributed by atoms with Crippen molar-refractivity contribution in [1.82, 2.24) is 10.3 Å². The van der Waals surface area contributed by atoms with Crippen LogP contribution in [-0.4, -0.2) is 57.3 Å². The molecule has 9 nitrogen and oxygen atoms in total. The molecule has 3 heterocycles. The number of aryl methyl sites for hydroxylation is 1. The summed E-state index contributed by atoms with van der Waals surface area (Å²) in [5.74, 6) is -1.41. The maximum absolute atomic E-state index is 13.3. The number of fused-ring (bicyclic) bond motifs is 1. The number of Topliss-reactive ketones (excluding diaryl/α,β-unsaturated/α-hetero) is 1. The first-order chi connectivity index (χ1) is 17.8. The van der Waals surface area contributed by atoms with Crippen molar-refractivity contribution in [2.45, 2.75) is 98.0 Å². The van der Waals surface area contributed by atoms with Crippen molar-refractivity contribution in [1.29, 1.82) is 0 Å². The predicted molar refractivity (Wildman–Crippen MR) is 149 cm³/mol. The fourth-order valence-electron chi connectivity index (χ4n) is 5.11. The number of thiazole rings is 1. The van der Waals surface area contributed by atoms with Crippen LogP contribution in [-0.2, 0) is 14.3 Å². The lowest BCUT2D eigenvalue weighted by Crippen LogP contribution is -2.45. The summed E-state index contributed by atoms with van der Waals surface area (Å²) in [5, 5.41) is 27.7. The fourth-order valence-corrected chi connectivity index (χ4v) is 5.68. The summed E-state index contributed by atoms with van der Waals surface area (Å²) < 4.78 is 5.93. The van der Waals surface area contributed by atoms with Crippen LogP contribution in [0.3, 0.4) is 0 Å². The normalized spacial score (nSPS) is 31.9. The summed E-state index contributed by atoms with van der Waals surface area (Å²) in [4.78, 5) is 35.5. The van der Waals surface area contributed by atoms with Crippen LogP contribution < -0.4 is 11.1 Å². The summed E-state index contributed by atoms with van der Waals surface area (Å²) in [6, 6.07) is -0.301. The van der Waals surface area contributed by atoms with E-state index in [1.165, 1.54) is 11.3 Å². The minimum atomic E-state index is -1.27. The SMILES string of the molecule is CC(=Cc1csc(C)n1)[C@@H]1CC2N=C(N)NC=C2CCC[C@H](C)[C@H](O)[C@@H](C)C(=O)C(C)(C)[C@@H](O)CC(=O)O1. The zero-order valence-electron chi connectivity index (χ0n) is 23.2. The lowest BCUT2D eigenvalue weighted by Gasteiger charge is -2.35. The maximum Gasteiger partial charge on any atom is 0.309 e. The number of hydrogen-bond acceptors (Lipinski definition) is 10. The molecule has 0 aromatic carbocycles. The molecule has 0 saturated carbocycles. The number of esters is 1. The highest BCUT2D eigenvalue weighted by Gasteiger charge is 2.42. The van der Waals surface area contributed by atoms with Crippen LogP contribution >= 0.6 is 11.3 Å². The minimum Gasteiger partial charge on any atom is -0.458 e. The summed E-state index contributed by atoms with van der Waals surface area (Å²) in [5.41, 5.74) is 7.37. The fraction of sp³-hybridized carbons (Fsp3) is 0.643. The molecule has 0 radical (unpaired) electrons. The van der Waals surface area contributed by atoms with Crippen molar-refractivity contribution >= 4 is 35.1 Å². The Labute approximate surface area is 229 Å². The van der Waals surface area contributed by atoms with E-state index in [1.807, 2.05) is 38.4 Å². The molecular weight excluding hydrogens is 504 g/mol. The van der Waals surface area contributed by atoms with E-state index in [0.717, 1.165) is 28.3 Å². The average molecular weight is 547 g/mol. The van der Waals surface area contributed by atoms with Gasteiger partial charge in [0.25, 0.3) is 0 Å². The van der Waals surface area contributed by atoms with E-state index in [0.29, 0.717) is 25.2 Å².